The van der Waals surface area contributed by atoms with Gasteiger partial charge in [-0.25, -0.2) is 4.98 Å². The number of methoxy groups -OCH3 is 2. The maximum absolute atomic E-state index is 12.6. The van der Waals surface area contributed by atoms with E-state index in [1.807, 2.05) is 18.2 Å². The summed E-state index contributed by atoms with van der Waals surface area (Å²) in [5.41, 5.74) is 1.74. The van der Waals surface area contributed by atoms with E-state index in [1.54, 1.807) is 32.4 Å². The van der Waals surface area contributed by atoms with E-state index in [0.29, 0.717) is 29.5 Å². The van der Waals surface area contributed by atoms with Crippen LogP contribution >= 0.6 is 11.5 Å². The summed E-state index contributed by atoms with van der Waals surface area (Å²) in [7, 11) is 3.15. The number of ether oxygens (including phenoxy) is 2. The molecular weight excluding hydrogens is 424 g/mol. The summed E-state index contributed by atoms with van der Waals surface area (Å²) < 4.78 is 15.1. The Morgan fingerprint density at radius 3 is 2.62 bits per heavy atom. The molecule has 0 aliphatic carbocycles. The number of carbonyl (C=O) groups is 1. The Balaban J connectivity index is 1.26. The van der Waals surface area contributed by atoms with E-state index in [0.717, 1.165) is 43.3 Å². The third-order valence-corrected chi connectivity index (χ3v) is 6.57. The second kappa shape index (κ2) is 10.5. The molecule has 4 rings (SSSR count). The van der Waals surface area contributed by atoms with E-state index in [4.69, 9.17) is 14.5 Å². The molecule has 168 valence electrons. The van der Waals surface area contributed by atoms with E-state index in [2.05, 4.69) is 26.7 Å². The van der Waals surface area contributed by atoms with Crippen LogP contribution < -0.4 is 19.7 Å². The van der Waals surface area contributed by atoms with Gasteiger partial charge in [0.15, 0.2) is 0 Å². The maximum atomic E-state index is 12.6. The van der Waals surface area contributed by atoms with Crippen LogP contribution in [0.25, 0.3) is 0 Å². The Bertz CT molecular complexity index is 1030. The van der Waals surface area contributed by atoms with Gasteiger partial charge in [0.1, 0.15) is 17.3 Å². The van der Waals surface area contributed by atoms with Gasteiger partial charge in [0, 0.05) is 43.7 Å². The van der Waals surface area contributed by atoms with Gasteiger partial charge in [-0.15, -0.1) is 0 Å². The van der Waals surface area contributed by atoms with Crippen molar-refractivity contribution in [1.82, 2.24) is 14.7 Å². The highest BCUT2D eigenvalue weighted by Gasteiger charge is 2.23. The summed E-state index contributed by atoms with van der Waals surface area (Å²) >= 11 is 1.47. The highest BCUT2D eigenvalue weighted by atomic mass is 32.1. The maximum Gasteiger partial charge on any atom is 0.255 e. The molecule has 0 atom stereocenters. The number of anilines is 1. The predicted molar refractivity (Wildman–Crippen MR) is 126 cm³/mol. The zero-order valence-electron chi connectivity index (χ0n) is 18.4. The van der Waals surface area contributed by atoms with Crippen LogP contribution in [-0.2, 0) is 6.42 Å². The largest absolute Gasteiger partial charge is 0.497 e. The molecule has 1 N–H and O–H groups in total. The average molecular weight is 453 g/mol. The Morgan fingerprint density at radius 2 is 1.91 bits per heavy atom. The van der Waals surface area contributed by atoms with Crippen molar-refractivity contribution < 1.29 is 14.3 Å². The van der Waals surface area contributed by atoms with Crippen LogP contribution in [-0.4, -0.2) is 49.1 Å². The minimum atomic E-state index is -0.124. The van der Waals surface area contributed by atoms with Gasteiger partial charge in [0.25, 0.3) is 5.91 Å². The first-order valence-corrected chi connectivity index (χ1v) is 11.5. The van der Waals surface area contributed by atoms with Crippen LogP contribution in [0.3, 0.4) is 0 Å². The molecule has 1 aromatic heterocycles. The molecular formula is C24H28N4O3S. The van der Waals surface area contributed by atoms with Gasteiger partial charge < -0.3 is 19.7 Å². The highest BCUT2D eigenvalue weighted by Crippen LogP contribution is 2.26. The number of nitrogens with one attached hydrogen (secondary N) is 1. The lowest BCUT2D eigenvalue weighted by molar-refractivity contribution is 0.0942. The Labute approximate surface area is 192 Å². The topological polar surface area (TPSA) is 76.6 Å². The number of amides is 1. The number of hydrogen-bond acceptors (Lipinski definition) is 7. The number of hydrogen-bond donors (Lipinski definition) is 1. The number of aromatic nitrogens is 2. The fourth-order valence-corrected chi connectivity index (χ4v) is 4.61. The summed E-state index contributed by atoms with van der Waals surface area (Å²) in [6.07, 6.45) is 2.77. The summed E-state index contributed by atoms with van der Waals surface area (Å²) in [5, 5.41) is 4.05. The Kier molecular flexibility index (Phi) is 7.21. The molecule has 2 aromatic carbocycles. The summed E-state index contributed by atoms with van der Waals surface area (Å²) in [5.74, 6) is 2.37. The zero-order valence-corrected chi connectivity index (χ0v) is 19.2. The van der Waals surface area contributed by atoms with Crippen molar-refractivity contribution >= 4 is 22.6 Å². The molecule has 3 aromatic rings. The van der Waals surface area contributed by atoms with Crippen LogP contribution in [0.5, 0.6) is 11.5 Å². The van der Waals surface area contributed by atoms with Gasteiger partial charge in [0.05, 0.1) is 19.8 Å². The van der Waals surface area contributed by atoms with Crippen molar-refractivity contribution in [2.45, 2.75) is 19.3 Å². The zero-order chi connectivity index (χ0) is 22.3. The van der Waals surface area contributed by atoms with Gasteiger partial charge in [-0.3, -0.25) is 4.79 Å². The van der Waals surface area contributed by atoms with E-state index < -0.39 is 0 Å². The van der Waals surface area contributed by atoms with E-state index in [9.17, 15) is 4.79 Å². The van der Waals surface area contributed by atoms with Crippen molar-refractivity contribution in [2.24, 2.45) is 5.92 Å². The molecule has 1 amide bonds. The van der Waals surface area contributed by atoms with Gasteiger partial charge in [0.2, 0.25) is 5.13 Å². The summed E-state index contributed by atoms with van der Waals surface area (Å²) in [6.45, 7) is 2.50. The number of carbonyl (C=O) groups excluding carboxylic acids is 1. The second-order valence-corrected chi connectivity index (χ2v) is 8.59. The third kappa shape index (κ3) is 5.37. The molecule has 0 saturated carbocycles. The Hall–Kier alpha value is -3.13. The molecule has 1 saturated heterocycles. The highest BCUT2D eigenvalue weighted by molar-refractivity contribution is 7.09. The van der Waals surface area contributed by atoms with Crippen molar-refractivity contribution in [3.05, 3.63) is 65.5 Å². The Morgan fingerprint density at radius 1 is 1.12 bits per heavy atom. The summed E-state index contributed by atoms with van der Waals surface area (Å²) in [6, 6.07) is 15.5. The number of nitrogens with zero attached hydrogens (tertiary/aromatic N) is 3. The molecule has 0 radical (unpaired) electrons. The van der Waals surface area contributed by atoms with Crippen molar-refractivity contribution in [2.75, 3.05) is 38.8 Å². The normalized spacial score (nSPS) is 14.2. The van der Waals surface area contributed by atoms with Crippen LogP contribution in [0.1, 0.15) is 34.6 Å². The molecule has 1 aliphatic rings. The van der Waals surface area contributed by atoms with Crippen molar-refractivity contribution in [1.29, 1.82) is 0 Å². The quantitative estimate of drug-likeness (QED) is 0.560. The van der Waals surface area contributed by atoms with E-state index >= 15 is 0 Å². The number of rotatable bonds is 8. The first kappa shape index (κ1) is 22.1. The molecule has 0 spiro atoms. The lowest BCUT2D eigenvalue weighted by Gasteiger charge is -2.31. The number of piperidine rings is 1. The van der Waals surface area contributed by atoms with E-state index in [-0.39, 0.29) is 5.91 Å². The van der Waals surface area contributed by atoms with Gasteiger partial charge >= 0.3 is 0 Å². The number of benzene rings is 2. The predicted octanol–water partition coefficient (Wildman–Crippen LogP) is 3.79. The monoisotopic (exact) mass is 452 g/mol. The SMILES string of the molecule is COc1ccc(C(=O)NCC2CCN(c3nc(Cc4ccccc4)ns3)CC2)c(OC)c1. The second-order valence-electron chi connectivity index (χ2n) is 7.86. The molecule has 2 heterocycles. The first-order chi connectivity index (χ1) is 15.7. The molecule has 7 nitrogen and oxygen atoms in total. The van der Waals surface area contributed by atoms with Gasteiger partial charge in [-0.05, 0) is 36.5 Å². The van der Waals surface area contributed by atoms with Crippen molar-refractivity contribution in [3.8, 4) is 11.5 Å². The molecule has 32 heavy (non-hydrogen) atoms. The standard InChI is InChI=1S/C24H28N4O3S/c1-30-19-8-9-20(21(15-19)31-2)23(29)25-16-18-10-12-28(13-11-18)24-26-22(27-32-24)14-17-6-4-3-5-7-17/h3-9,15,18H,10-14,16H2,1-2H3,(H,25,29). The smallest absolute Gasteiger partial charge is 0.255 e. The first-order valence-electron chi connectivity index (χ1n) is 10.8. The minimum absolute atomic E-state index is 0.124. The lowest BCUT2D eigenvalue weighted by Crippen LogP contribution is -2.38. The van der Waals surface area contributed by atoms with Gasteiger partial charge in [-0.1, -0.05) is 30.3 Å². The third-order valence-electron chi connectivity index (χ3n) is 5.75. The molecule has 1 aliphatic heterocycles. The molecule has 8 heteroatoms. The fourth-order valence-electron chi connectivity index (χ4n) is 3.87. The van der Waals surface area contributed by atoms with Crippen LogP contribution in [0, 0.1) is 5.92 Å². The van der Waals surface area contributed by atoms with Gasteiger partial charge in [-0.2, -0.15) is 4.37 Å². The van der Waals surface area contributed by atoms with Crippen molar-refractivity contribution in [3.63, 3.8) is 0 Å². The lowest BCUT2D eigenvalue weighted by atomic mass is 9.97. The average Bonchev–Trinajstić information content (AvgIpc) is 3.31. The minimum Gasteiger partial charge on any atom is -0.497 e. The fraction of sp³-hybridized carbons (Fsp3) is 0.375. The van der Waals surface area contributed by atoms with E-state index in [1.165, 1.54) is 17.1 Å². The summed E-state index contributed by atoms with van der Waals surface area (Å²) in [4.78, 5) is 19.7. The van der Waals surface area contributed by atoms with Crippen LogP contribution in [0.4, 0.5) is 5.13 Å². The van der Waals surface area contributed by atoms with Crippen LogP contribution in [0.15, 0.2) is 48.5 Å². The van der Waals surface area contributed by atoms with Crippen LogP contribution in [0.2, 0.25) is 0 Å². The molecule has 0 bridgehead atoms. The molecule has 0 unspecified atom stereocenters. The molecule has 1 fully saturated rings.